The molecule has 0 unspecified atom stereocenters. The van der Waals surface area contributed by atoms with Crippen LogP contribution in [0.5, 0.6) is 11.5 Å². The molecule has 1 aromatic carbocycles. The maximum Gasteiger partial charge on any atom is 0.226 e. The van der Waals surface area contributed by atoms with Gasteiger partial charge >= 0.3 is 0 Å². The van der Waals surface area contributed by atoms with E-state index in [2.05, 4.69) is 45.2 Å². The Hall–Kier alpha value is -3.41. The fourth-order valence-corrected chi connectivity index (χ4v) is 3.48. The first-order valence-corrected chi connectivity index (χ1v) is 10.5. The van der Waals surface area contributed by atoms with Gasteiger partial charge in [-0.3, -0.25) is 0 Å². The summed E-state index contributed by atoms with van der Waals surface area (Å²) < 4.78 is 10.5. The number of aromatic amines is 2. The number of ether oxygens (including phenoxy) is 2. The number of fused-ring (bicyclic) bond motifs is 2. The van der Waals surface area contributed by atoms with Crippen LogP contribution < -0.4 is 14.8 Å². The first kappa shape index (κ1) is 22.8. The molecule has 0 saturated carbocycles. The van der Waals surface area contributed by atoms with E-state index < -0.39 is 0 Å². The Bertz CT molecular complexity index is 1410. The van der Waals surface area contributed by atoms with Crippen molar-refractivity contribution < 1.29 is 9.47 Å². The van der Waals surface area contributed by atoms with Crippen LogP contribution in [0.3, 0.4) is 0 Å². The van der Waals surface area contributed by atoms with Gasteiger partial charge in [-0.15, -0.1) is 0 Å². The summed E-state index contributed by atoms with van der Waals surface area (Å²) in [5.41, 5.74) is 3.34. The molecule has 0 radical (unpaired) electrons. The van der Waals surface area contributed by atoms with Crippen LogP contribution in [-0.4, -0.2) is 54.1 Å². The highest BCUT2D eigenvalue weighted by atomic mass is 35.5. The molecule has 4 heterocycles. The van der Waals surface area contributed by atoms with Gasteiger partial charge in [0.1, 0.15) is 11.0 Å². The number of benzene rings is 1. The first-order chi connectivity index (χ1) is 16.0. The highest BCUT2D eigenvalue weighted by Crippen LogP contribution is 2.28. The van der Waals surface area contributed by atoms with Gasteiger partial charge in [0.2, 0.25) is 10.6 Å². The number of nitrogens with zero attached hydrogens (tertiary/aromatic N) is 6. The fraction of sp³-hybridized carbons (Fsp3) is 0.158. The van der Waals surface area contributed by atoms with E-state index in [0.717, 1.165) is 5.56 Å². The predicted molar refractivity (Wildman–Crippen MR) is 125 cm³/mol. The number of halogens is 3. The van der Waals surface area contributed by atoms with Crippen molar-refractivity contribution in [3.05, 3.63) is 52.1 Å². The molecular formula is C19H16Cl3N9O2. The quantitative estimate of drug-likeness (QED) is 0.234. The molecule has 0 aliphatic carbocycles. The second-order valence-electron chi connectivity index (χ2n) is 6.37. The largest absolute Gasteiger partial charge is 0.493 e. The van der Waals surface area contributed by atoms with Gasteiger partial charge in [-0.25, -0.2) is 15.0 Å². The molecule has 0 atom stereocenters. The van der Waals surface area contributed by atoms with Crippen molar-refractivity contribution in [2.24, 2.45) is 0 Å². The Morgan fingerprint density at radius 2 is 1.45 bits per heavy atom. The summed E-state index contributed by atoms with van der Waals surface area (Å²) in [6.07, 6.45) is 3.04. The van der Waals surface area contributed by atoms with Gasteiger partial charge in [0.05, 0.1) is 26.9 Å². The minimum atomic E-state index is 0.106. The van der Waals surface area contributed by atoms with E-state index >= 15 is 0 Å². The molecule has 11 nitrogen and oxygen atoms in total. The van der Waals surface area contributed by atoms with Crippen LogP contribution in [0.25, 0.3) is 22.3 Å². The average molecular weight is 509 g/mol. The smallest absolute Gasteiger partial charge is 0.226 e. The lowest BCUT2D eigenvalue weighted by atomic mass is 10.2. The van der Waals surface area contributed by atoms with Gasteiger partial charge in [-0.05, 0) is 40.9 Å². The lowest BCUT2D eigenvalue weighted by Gasteiger charge is -2.11. The molecule has 33 heavy (non-hydrogen) atoms. The summed E-state index contributed by atoms with van der Waals surface area (Å²) in [7, 11) is 3.21. The number of H-pyrrole nitrogens is 2. The Balaban J connectivity index is 0.000000196. The summed E-state index contributed by atoms with van der Waals surface area (Å²) in [6, 6.07) is 5.70. The maximum absolute atomic E-state index is 5.90. The predicted octanol–water partition coefficient (Wildman–Crippen LogP) is 4.30. The molecule has 0 aliphatic heterocycles. The van der Waals surface area contributed by atoms with E-state index in [1.54, 1.807) is 20.5 Å². The number of aromatic nitrogens is 8. The summed E-state index contributed by atoms with van der Waals surface area (Å²) >= 11 is 17.1. The SMILES string of the molecule is COc1ccc(CNc2nc(Cl)nc3nc[nH]c23)cc1OC.Clc1nc(Cl)c2[nH]cnc2n1. The lowest BCUT2D eigenvalue weighted by molar-refractivity contribution is 0.354. The van der Waals surface area contributed by atoms with Crippen LogP contribution in [0, 0.1) is 0 Å². The van der Waals surface area contributed by atoms with Crippen molar-refractivity contribution in [3.8, 4) is 11.5 Å². The van der Waals surface area contributed by atoms with Crippen LogP contribution in [-0.2, 0) is 6.54 Å². The number of anilines is 1. The van der Waals surface area contributed by atoms with E-state index in [0.29, 0.717) is 46.2 Å². The van der Waals surface area contributed by atoms with Crippen molar-refractivity contribution in [3.63, 3.8) is 0 Å². The number of hydrogen-bond donors (Lipinski definition) is 3. The number of nitrogens with one attached hydrogen (secondary N) is 3. The third-order valence-electron chi connectivity index (χ3n) is 4.38. The zero-order chi connectivity index (χ0) is 23.4. The van der Waals surface area contributed by atoms with Gasteiger partial charge in [0.25, 0.3) is 0 Å². The van der Waals surface area contributed by atoms with Crippen LogP contribution in [0.4, 0.5) is 5.82 Å². The Kier molecular flexibility index (Phi) is 6.92. The van der Waals surface area contributed by atoms with Crippen LogP contribution in [0.15, 0.2) is 30.9 Å². The van der Waals surface area contributed by atoms with E-state index in [-0.39, 0.29) is 15.7 Å². The Labute approximate surface area is 201 Å². The van der Waals surface area contributed by atoms with Gasteiger partial charge in [0.15, 0.2) is 33.8 Å². The van der Waals surface area contributed by atoms with E-state index in [4.69, 9.17) is 44.3 Å². The molecular weight excluding hydrogens is 493 g/mol. The fourth-order valence-electron chi connectivity index (χ4n) is 2.88. The number of rotatable bonds is 5. The van der Waals surface area contributed by atoms with Gasteiger partial charge < -0.3 is 24.8 Å². The monoisotopic (exact) mass is 507 g/mol. The van der Waals surface area contributed by atoms with Gasteiger partial charge in [-0.1, -0.05) is 17.7 Å². The Morgan fingerprint density at radius 1 is 0.818 bits per heavy atom. The molecule has 4 aromatic heterocycles. The summed E-state index contributed by atoms with van der Waals surface area (Å²) in [5, 5.41) is 3.76. The van der Waals surface area contributed by atoms with Crippen molar-refractivity contribution in [1.29, 1.82) is 0 Å². The molecule has 170 valence electrons. The topological polar surface area (TPSA) is 139 Å². The number of imidazole rings is 2. The first-order valence-electron chi connectivity index (χ1n) is 9.32. The van der Waals surface area contributed by atoms with Gasteiger partial charge in [0, 0.05) is 6.54 Å². The molecule has 3 N–H and O–H groups in total. The molecule has 14 heteroatoms. The minimum absolute atomic E-state index is 0.106. The van der Waals surface area contributed by atoms with Crippen LogP contribution in [0.2, 0.25) is 15.7 Å². The van der Waals surface area contributed by atoms with Crippen LogP contribution in [0.1, 0.15) is 5.56 Å². The summed E-state index contributed by atoms with van der Waals surface area (Å²) in [5.74, 6) is 1.96. The minimum Gasteiger partial charge on any atom is -0.493 e. The average Bonchev–Trinajstić information content (AvgIpc) is 3.47. The second-order valence-corrected chi connectivity index (χ2v) is 7.40. The van der Waals surface area contributed by atoms with Crippen molar-refractivity contribution in [2.45, 2.75) is 6.54 Å². The van der Waals surface area contributed by atoms with E-state index in [1.807, 2.05) is 18.2 Å². The normalized spacial score (nSPS) is 10.7. The third-order valence-corrected chi connectivity index (χ3v) is 4.99. The molecule has 0 aliphatic rings. The van der Waals surface area contributed by atoms with Gasteiger partial charge in [-0.2, -0.15) is 15.0 Å². The van der Waals surface area contributed by atoms with Crippen molar-refractivity contribution in [1.82, 2.24) is 39.9 Å². The summed E-state index contributed by atoms with van der Waals surface area (Å²) in [6.45, 7) is 0.543. The molecule has 0 spiro atoms. The zero-order valence-electron chi connectivity index (χ0n) is 17.2. The molecule has 0 bridgehead atoms. The van der Waals surface area contributed by atoms with Crippen LogP contribution >= 0.6 is 34.8 Å². The van der Waals surface area contributed by atoms with Crippen molar-refractivity contribution in [2.75, 3.05) is 19.5 Å². The third kappa shape index (κ3) is 5.16. The highest BCUT2D eigenvalue weighted by molar-refractivity contribution is 6.35. The van der Waals surface area contributed by atoms with E-state index in [9.17, 15) is 0 Å². The number of methoxy groups -OCH3 is 2. The molecule has 5 rings (SSSR count). The zero-order valence-corrected chi connectivity index (χ0v) is 19.5. The Morgan fingerprint density at radius 3 is 2.15 bits per heavy atom. The molecule has 0 saturated heterocycles. The molecule has 0 fully saturated rings. The standard InChI is InChI=1S/C14H14ClN5O2.C5H2Cl2N4/c1-21-9-4-3-8(5-10(9)22-2)6-16-12-11-13(18-7-17-11)20-14(15)19-12;6-3-2-4(9-1-8-2)11-5(7)10-3/h3-5,7H,6H2,1-2H3,(H2,16,17,18,19,20);1H,(H,8,9,10,11). The molecule has 5 aromatic rings. The lowest BCUT2D eigenvalue weighted by Crippen LogP contribution is -2.04. The number of hydrogen-bond acceptors (Lipinski definition) is 9. The van der Waals surface area contributed by atoms with Crippen molar-refractivity contribution >= 4 is 62.9 Å². The highest BCUT2D eigenvalue weighted by Gasteiger charge is 2.10. The maximum atomic E-state index is 5.90. The van der Waals surface area contributed by atoms with E-state index in [1.165, 1.54) is 6.33 Å². The molecule has 0 amide bonds. The second kappa shape index (κ2) is 10.0. The summed E-state index contributed by atoms with van der Waals surface area (Å²) in [4.78, 5) is 29.5.